The number of ether oxygens (including phenoxy) is 1. The maximum Gasteiger partial charge on any atom is 0.332 e. The molecule has 178 valence electrons. The number of methoxy groups -OCH3 is 1. The van der Waals surface area contributed by atoms with Crippen molar-refractivity contribution in [2.45, 2.75) is 58.0 Å². The van der Waals surface area contributed by atoms with Gasteiger partial charge >= 0.3 is 5.69 Å². The normalized spacial score (nSPS) is 18.2. The molecule has 3 aromatic rings. The van der Waals surface area contributed by atoms with E-state index in [9.17, 15) is 19.8 Å². The molecule has 0 radical (unpaired) electrons. The first kappa shape index (κ1) is 23.5. The van der Waals surface area contributed by atoms with Crippen LogP contribution in [0.1, 0.15) is 31.7 Å². The molecule has 11 heteroatoms. The first-order chi connectivity index (χ1) is 15.9. The average molecular weight is 522 g/mol. The molecule has 2 atom stereocenters. The van der Waals surface area contributed by atoms with Gasteiger partial charge in [0.05, 0.1) is 43.4 Å². The Balaban J connectivity index is 1.93. The molecule has 2 aromatic heterocycles. The Morgan fingerprint density at radius 3 is 2.64 bits per heavy atom. The van der Waals surface area contributed by atoms with Crippen molar-refractivity contribution in [3.8, 4) is 5.75 Å². The third-order valence-corrected chi connectivity index (χ3v) is 6.72. The molecule has 1 aliphatic rings. The van der Waals surface area contributed by atoms with Crippen LogP contribution in [0, 0.1) is 0 Å². The predicted octanol–water partition coefficient (Wildman–Crippen LogP) is 1.52. The van der Waals surface area contributed by atoms with Gasteiger partial charge in [0, 0.05) is 6.54 Å². The lowest BCUT2D eigenvalue weighted by atomic mass is 10.2. The lowest BCUT2D eigenvalue weighted by molar-refractivity contribution is 0.171. The van der Waals surface area contributed by atoms with Gasteiger partial charge in [0.1, 0.15) is 5.75 Å². The maximum absolute atomic E-state index is 13.3. The Hall–Kier alpha value is -2.63. The summed E-state index contributed by atoms with van der Waals surface area (Å²) < 4.78 is 10.3. The van der Waals surface area contributed by atoms with Gasteiger partial charge in [0.2, 0.25) is 5.95 Å². The summed E-state index contributed by atoms with van der Waals surface area (Å²) in [6.07, 6.45) is 1.85. The summed E-state index contributed by atoms with van der Waals surface area (Å²) in [5, 5.41) is 23.2. The Labute approximate surface area is 198 Å². The number of nitrogens with zero attached hydrogens (tertiary/aromatic N) is 4. The second-order valence-corrected chi connectivity index (χ2v) is 8.97. The molecular formula is C22H28BrN5O5. The topological polar surface area (TPSA) is 124 Å². The van der Waals surface area contributed by atoms with Gasteiger partial charge in [-0.1, -0.05) is 6.07 Å². The second-order valence-electron chi connectivity index (χ2n) is 8.12. The van der Waals surface area contributed by atoms with Crippen molar-refractivity contribution in [3.63, 3.8) is 0 Å². The highest BCUT2D eigenvalue weighted by Gasteiger charge is 2.28. The summed E-state index contributed by atoms with van der Waals surface area (Å²) in [5.74, 6) is 1.09. The number of hydrogen-bond donors (Lipinski definition) is 3. The summed E-state index contributed by atoms with van der Waals surface area (Å²) in [6, 6.07) is 5.43. The number of benzene rings is 1. The number of aliphatic hydroxyl groups excluding tert-OH is 2. The van der Waals surface area contributed by atoms with E-state index in [1.807, 2.05) is 18.2 Å². The van der Waals surface area contributed by atoms with Gasteiger partial charge in [0.15, 0.2) is 11.2 Å². The number of halogens is 1. The van der Waals surface area contributed by atoms with Crippen LogP contribution in [0.4, 0.5) is 5.95 Å². The van der Waals surface area contributed by atoms with Crippen molar-refractivity contribution in [3.05, 3.63) is 49.1 Å². The number of aliphatic hydroxyl groups is 2. The number of rotatable bonds is 8. The fourth-order valence-corrected chi connectivity index (χ4v) is 4.99. The van der Waals surface area contributed by atoms with E-state index < -0.39 is 17.4 Å². The fraction of sp³-hybridized carbons (Fsp3) is 0.500. The summed E-state index contributed by atoms with van der Waals surface area (Å²) in [4.78, 5) is 30.9. The Kier molecular flexibility index (Phi) is 6.91. The van der Waals surface area contributed by atoms with Crippen molar-refractivity contribution in [2.24, 2.45) is 0 Å². The number of aromatic nitrogens is 4. The smallest absolute Gasteiger partial charge is 0.332 e. The van der Waals surface area contributed by atoms with Crippen molar-refractivity contribution in [1.82, 2.24) is 18.7 Å². The van der Waals surface area contributed by atoms with Gasteiger partial charge in [-0.15, -0.1) is 0 Å². The number of imidazole rings is 1. The minimum Gasteiger partial charge on any atom is -0.496 e. The third kappa shape index (κ3) is 4.32. The molecule has 0 amide bonds. The Morgan fingerprint density at radius 2 is 2.03 bits per heavy atom. The molecule has 0 aliphatic heterocycles. The molecule has 0 spiro atoms. The van der Waals surface area contributed by atoms with E-state index in [2.05, 4.69) is 26.2 Å². The second kappa shape index (κ2) is 9.70. The van der Waals surface area contributed by atoms with Gasteiger partial charge in [-0.05, 0) is 59.8 Å². The molecule has 1 aromatic carbocycles. The van der Waals surface area contributed by atoms with Crippen molar-refractivity contribution < 1.29 is 14.9 Å². The van der Waals surface area contributed by atoms with E-state index >= 15 is 0 Å². The van der Waals surface area contributed by atoms with E-state index in [0.29, 0.717) is 24.7 Å². The van der Waals surface area contributed by atoms with E-state index in [-0.39, 0.29) is 36.9 Å². The zero-order valence-electron chi connectivity index (χ0n) is 18.6. The Morgan fingerprint density at radius 1 is 1.24 bits per heavy atom. The SMILES string of the molecule is CCn1c(=O)c2c(nc(NC3CCC[C@H]3O)n2Cc2ccc(OC)c(Br)c2)n(CCO)c1=O. The molecule has 1 aliphatic carbocycles. The lowest BCUT2D eigenvalue weighted by Crippen LogP contribution is -2.40. The van der Waals surface area contributed by atoms with Crippen molar-refractivity contribution >= 4 is 33.0 Å². The van der Waals surface area contributed by atoms with Gasteiger partial charge < -0.3 is 20.3 Å². The highest BCUT2D eigenvalue weighted by atomic mass is 79.9. The molecule has 1 saturated carbocycles. The molecule has 33 heavy (non-hydrogen) atoms. The Bertz CT molecular complexity index is 1280. The highest BCUT2D eigenvalue weighted by molar-refractivity contribution is 9.10. The fourth-order valence-electron chi connectivity index (χ4n) is 4.40. The van der Waals surface area contributed by atoms with E-state index in [4.69, 9.17) is 4.74 Å². The number of fused-ring (bicyclic) bond motifs is 1. The van der Waals surface area contributed by atoms with Gasteiger partial charge in [0.25, 0.3) is 5.56 Å². The molecule has 4 rings (SSSR count). The van der Waals surface area contributed by atoms with Crippen LogP contribution in [0.15, 0.2) is 32.3 Å². The number of hydrogen-bond acceptors (Lipinski definition) is 7. The van der Waals surface area contributed by atoms with E-state index in [1.165, 1.54) is 4.57 Å². The molecular weight excluding hydrogens is 494 g/mol. The largest absolute Gasteiger partial charge is 0.496 e. The monoisotopic (exact) mass is 521 g/mol. The van der Waals surface area contributed by atoms with Gasteiger partial charge in [-0.25, -0.2) is 4.79 Å². The number of anilines is 1. The summed E-state index contributed by atoms with van der Waals surface area (Å²) >= 11 is 3.50. The molecule has 1 unspecified atom stereocenters. The standard InChI is InChI=1S/C22H28BrN5O5/c1-3-26-20(31)18-19(27(9-10-29)22(26)32)25-21(24-15-5-4-6-16(15)30)28(18)12-13-7-8-17(33-2)14(23)11-13/h7-8,11,15-16,29-30H,3-6,9-10,12H2,1-2H3,(H,24,25)/t15?,16-/m1/s1. The molecule has 3 N–H and O–H groups in total. The molecule has 2 heterocycles. The molecule has 0 saturated heterocycles. The van der Waals surface area contributed by atoms with Crippen LogP contribution in [-0.4, -0.2) is 54.8 Å². The van der Waals surface area contributed by atoms with Crippen LogP contribution in [0.3, 0.4) is 0 Å². The van der Waals surface area contributed by atoms with Crippen LogP contribution >= 0.6 is 15.9 Å². The van der Waals surface area contributed by atoms with E-state index in [0.717, 1.165) is 27.4 Å². The van der Waals surface area contributed by atoms with Gasteiger partial charge in [-0.2, -0.15) is 4.98 Å². The zero-order chi connectivity index (χ0) is 23.7. The van der Waals surface area contributed by atoms with Crippen LogP contribution in [-0.2, 0) is 19.6 Å². The quantitative estimate of drug-likeness (QED) is 0.410. The minimum atomic E-state index is -0.514. The molecule has 0 bridgehead atoms. The van der Waals surface area contributed by atoms with Crippen molar-refractivity contribution in [2.75, 3.05) is 19.0 Å². The average Bonchev–Trinajstić information content (AvgIpc) is 3.35. The maximum atomic E-state index is 13.3. The zero-order valence-corrected chi connectivity index (χ0v) is 20.2. The molecule has 1 fully saturated rings. The molecule has 10 nitrogen and oxygen atoms in total. The first-order valence-electron chi connectivity index (χ1n) is 11.0. The lowest BCUT2D eigenvalue weighted by Gasteiger charge is -2.18. The van der Waals surface area contributed by atoms with Crippen LogP contribution in [0.2, 0.25) is 0 Å². The van der Waals surface area contributed by atoms with Crippen LogP contribution < -0.4 is 21.3 Å². The first-order valence-corrected chi connectivity index (χ1v) is 11.8. The van der Waals surface area contributed by atoms with Crippen LogP contribution in [0.5, 0.6) is 5.75 Å². The van der Waals surface area contributed by atoms with E-state index in [1.54, 1.807) is 18.6 Å². The summed E-state index contributed by atoms with van der Waals surface area (Å²) in [6.45, 7) is 1.99. The summed E-state index contributed by atoms with van der Waals surface area (Å²) in [7, 11) is 1.59. The summed E-state index contributed by atoms with van der Waals surface area (Å²) in [5.41, 5.74) is 0.428. The van der Waals surface area contributed by atoms with Gasteiger partial charge in [-0.3, -0.25) is 18.5 Å². The highest BCUT2D eigenvalue weighted by Crippen LogP contribution is 2.28. The van der Waals surface area contributed by atoms with Crippen LogP contribution in [0.25, 0.3) is 11.2 Å². The predicted molar refractivity (Wildman–Crippen MR) is 128 cm³/mol. The third-order valence-electron chi connectivity index (χ3n) is 6.11. The minimum absolute atomic E-state index is 0.0200. The van der Waals surface area contributed by atoms with Crippen molar-refractivity contribution in [1.29, 1.82) is 0 Å². The number of nitrogens with one attached hydrogen (secondary N) is 1.